The standard InChI is InChI=1S/C24H31Cl2N3O4S/c1-17(2)27-24(31)18(3)28(16-20-21(25)12-8-13-22(20)26)23(30)14-9-15-29(34(4,32)33)19-10-6-5-7-11-19/h5-8,10-13,17-18H,9,14-16H2,1-4H3,(H,27,31). The quantitative estimate of drug-likeness (QED) is 0.466. The number of rotatable bonds is 11. The molecule has 0 heterocycles. The number of hydrogen-bond donors (Lipinski definition) is 1. The third kappa shape index (κ3) is 7.89. The van der Waals surface area contributed by atoms with E-state index in [1.807, 2.05) is 13.8 Å². The van der Waals surface area contributed by atoms with E-state index in [4.69, 9.17) is 23.2 Å². The van der Waals surface area contributed by atoms with Crippen LogP contribution in [-0.2, 0) is 26.2 Å². The van der Waals surface area contributed by atoms with E-state index < -0.39 is 16.1 Å². The van der Waals surface area contributed by atoms with Crippen molar-refractivity contribution in [2.45, 2.75) is 52.2 Å². The number of para-hydroxylation sites is 1. The molecule has 0 fully saturated rings. The molecule has 0 saturated carbocycles. The van der Waals surface area contributed by atoms with Gasteiger partial charge >= 0.3 is 0 Å². The monoisotopic (exact) mass is 527 g/mol. The molecule has 10 heteroatoms. The molecule has 1 atom stereocenters. The van der Waals surface area contributed by atoms with Crippen LogP contribution in [0.1, 0.15) is 39.2 Å². The summed E-state index contributed by atoms with van der Waals surface area (Å²) in [6.45, 7) is 5.50. The highest BCUT2D eigenvalue weighted by Gasteiger charge is 2.28. The number of carbonyl (C=O) groups is 2. The maximum atomic E-state index is 13.3. The largest absolute Gasteiger partial charge is 0.352 e. The maximum Gasteiger partial charge on any atom is 0.242 e. The molecule has 0 aliphatic carbocycles. The Bertz CT molecular complexity index is 1070. The first-order valence-electron chi connectivity index (χ1n) is 11.0. The van der Waals surface area contributed by atoms with E-state index >= 15 is 0 Å². The minimum atomic E-state index is -3.53. The van der Waals surface area contributed by atoms with Gasteiger partial charge in [0.15, 0.2) is 0 Å². The lowest BCUT2D eigenvalue weighted by Crippen LogP contribution is -2.49. The number of hydrogen-bond acceptors (Lipinski definition) is 4. The van der Waals surface area contributed by atoms with Gasteiger partial charge in [-0.15, -0.1) is 0 Å². The van der Waals surface area contributed by atoms with Crippen molar-refractivity contribution < 1.29 is 18.0 Å². The summed E-state index contributed by atoms with van der Waals surface area (Å²) in [5.74, 6) is -0.600. The number of anilines is 1. The van der Waals surface area contributed by atoms with E-state index in [0.717, 1.165) is 6.26 Å². The molecule has 1 N–H and O–H groups in total. The molecule has 1 unspecified atom stereocenters. The molecule has 7 nitrogen and oxygen atoms in total. The number of carbonyl (C=O) groups excluding carboxylic acids is 2. The second-order valence-corrected chi connectivity index (χ2v) is 11.1. The van der Waals surface area contributed by atoms with Gasteiger partial charge in [-0.2, -0.15) is 0 Å². The van der Waals surface area contributed by atoms with Gasteiger partial charge < -0.3 is 10.2 Å². The van der Waals surface area contributed by atoms with Crippen LogP contribution in [0, 0.1) is 0 Å². The van der Waals surface area contributed by atoms with Crippen molar-refractivity contribution in [3.05, 3.63) is 64.1 Å². The summed E-state index contributed by atoms with van der Waals surface area (Å²) < 4.78 is 25.9. The fourth-order valence-corrected chi connectivity index (χ4v) is 4.92. The van der Waals surface area contributed by atoms with E-state index in [0.29, 0.717) is 21.3 Å². The summed E-state index contributed by atoms with van der Waals surface area (Å²) in [5, 5.41) is 3.62. The Kier molecular flexibility index (Phi) is 10.2. The Labute approximate surface area is 212 Å². The van der Waals surface area contributed by atoms with Crippen molar-refractivity contribution in [2.24, 2.45) is 0 Å². The molecule has 2 rings (SSSR count). The van der Waals surface area contributed by atoms with Gasteiger partial charge in [0.2, 0.25) is 21.8 Å². The number of nitrogens with zero attached hydrogens (tertiary/aromatic N) is 2. The van der Waals surface area contributed by atoms with Crippen LogP contribution in [0.2, 0.25) is 10.0 Å². The predicted octanol–water partition coefficient (Wildman–Crippen LogP) is 4.48. The van der Waals surface area contributed by atoms with Crippen LogP contribution in [0.25, 0.3) is 0 Å². The van der Waals surface area contributed by atoms with E-state index in [-0.39, 0.29) is 43.8 Å². The van der Waals surface area contributed by atoms with Gasteiger partial charge in [0.1, 0.15) is 6.04 Å². The topological polar surface area (TPSA) is 86.8 Å². The Morgan fingerprint density at radius 2 is 1.56 bits per heavy atom. The molecule has 2 amide bonds. The van der Waals surface area contributed by atoms with Crippen LogP contribution in [0.3, 0.4) is 0 Å². The molecule has 2 aromatic rings. The third-order valence-corrected chi connectivity index (χ3v) is 7.09. The lowest BCUT2D eigenvalue weighted by Gasteiger charge is -2.30. The summed E-state index contributed by atoms with van der Waals surface area (Å²) in [4.78, 5) is 27.4. The zero-order chi connectivity index (χ0) is 25.5. The van der Waals surface area contributed by atoms with Crippen LogP contribution >= 0.6 is 23.2 Å². The zero-order valence-electron chi connectivity index (χ0n) is 19.8. The van der Waals surface area contributed by atoms with Crippen molar-refractivity contribution in [1.82, 2.24) is 10.2 Å². The maximum absolute atomic E-state index is 13.3. The number of sulfonamides is 1. The van der Waals surface area contributed by atoms with Gasteiger partial charge in [0.05, 0.1) is 11.9 Å². The average Bonchev–Trinajstić information content (AvgIpc) is 2.75. The van der Waals surface area contributed by atoms with Gasteiger partial charge in [0, 0.05) is 41.2 Å². The van der Waals surface area contributed by atoms with Gasteiger partial charge in [0.25, 0.3) is 0 Å². The fourth-order valence-electron chi connectivity index (χ4n) is 3.44. The molecule has 186 valence electrons. The number of benzene rings is 2. The van der Waals surface area contributed by atoms with E-state index in [2.05, 4.69) is 5.32 Å². The molecule has 0 aliphatic heterocycles. The van der Waals surface area contributed by atoms with Crippen LogP contribution in [0.4, 0.5) is 5.69 Å². The number of nitrogens with one attached hydrogen (secondary N) is 1. The lowest BCUT2D eigenvalue weighted by atomic mass is 10.1. The predicted molar refractivity (Wildman–Crippen MR) is 138 cm³/mol. The molecular formula is C24H31Cl2N3O4S. The number of halogens is 2. The average molecular weight is 529 g/mol. The van der Waals surface area contributed by atoms with E-state index in [1.54, 1.807) is 55.5 Å². The Balaban J connectivity index is 2.21. The van der Waals surface area contributed by atoms with Crippen molar-refractivity contribution in [2.75, 3.05) is 17.1 Å². The van der Waals surface area contributed by atoms with Crippen LogP contribution in [0.15, 0.2) is 48.5 Å². The number of amides is 2. The second-order valence-electron chi connectivity index (χ2n) is 8.34. The normalized spacial score (nSPS) is 12.3. The summed E-state index contributed by atoms with van der Waals surface area (Å²) in [6.07, 6.45) is 1.44. The lowest BCUT2D eigenvalue weighted by molar-refractivity contribution is -0.140. The summed E-state index contributed by atoms with van der Waals surface area (Å²) in [7, 11) is -3.53. The van der Waals surface area contributed by atoms with Crippen molar-refractivity contribution in [1.29, 1.82) is 0 Å². The fraction of sp³-hybridized carbons (Fsp3) is 0.417. The Hall–Kier alpha value is -2.29. The van der Waals surface area contributed by atoms with Gasteiger partial charge in [-0.05, 0) is 51.5 Å². The highest BCUT2D eigenvalue weighted by molar-refractivity contribution is 7.92. The van der Waals surface area contributed by atoms with Crippen LogP contribution in [-0.4, -0.2) is 50.0 Å². The van der Waals surface area contributed by atoms with Crippen molar-refractivity contribution in [3.63, 3.8) is 0 Å². The minimum absolute atomic E-state index is 0.0419. The van der Waals surface area contributed by atoms with Crippen LogP contribution in [0.5, 0.6) is 0 Å². The Morgan fingerprint density at radius 1 is 0.971 bits per heavy atom. The molecule has 0 aromatic heterocycles. The van der Waals surface area contributed by atoms with Crippen molar-refractivity contribution in [3.8, 4) is 0 Å². The highest BCUT2D eigenvalue weighted by Crippen LogP contribution is 2.27. The van der Waals surface area contributed by atoms with Crippen molar-refractivity contribution >= 4 is 50.7 Å². The first-order chi connectivity index (χ1) is 15.9. The zero-order valence-corrected chi connectivity index (χ0v) is 22.1. The van der Waals surface area contributed by atoms with Gasteiger partial charge in [-0.25, -0.2) is 8.42 Å². The van der Waals surface area contributed by atoms with E-state index in [1.165, 1.54) is 9.21 Å². The molecule has 0 aliphatic rings. The first kappa shape index (κ1) is 28.0. The molecule has 2 aromatic carbocycles. The molecule has 34 heavy (non-hydrogen) atoms. The minimum Gasteiger partial charge on any atom is -0.352 e. The molecule has 0 bridgehead atoms. The van der Waals surface area contributed by atoms with Crippen LogP contribution < -0.4 is 9.62 Å². The highest BCUT2D eigenvalue weighted by atomic mass is 35.5. The smallest absolute Gasteiger partial charge is 0.242 e. The van der Waals surface area contributed by atoms with Gasteiger partial charge in [-0.1, -0.05) is 47.5 Å². The molecule has 0 radical (unpaired) electrons. The summed E-state index contributed by atoms with van der Waals surface area (Å²) in [6, 6.07) is 12.9. The molecular weight excluding hydrogens is 497 g/mol. The van der Waals surface area contributed by atoms with E-state index in [9.17, 15) is 18.0 Å². The Morgan fingerprint density at radius 3 is 2.09 bits per heavy atom. The molecule has 0 saturated heterocycles. The third-order valence-electron chi connectivity index (χ3n) is 5.18. The van der Waals surface area contributed by atoms with Gasteiger partial charge in [-0.3, -0.25) is 13.9 Å². The first-order valence-corrected chi connectivity index (χ1v) is 13.6. The molecule has 0 spiro atoms. The SMILES string of the molecule is CC(C)NC(=O)C(C)N(Cc1c(Cl)cccc1Cl)C(=O)CCCN(c1ccccc1)S(C)(=O)=O. The summed E-state index contributed by atoms with van der Waals surface area (Å²) >= 11 is 12.6. The second kappa shape index (κ2) is 12.4. The summed E-state index contributed by atoms with van der Waals surface area (Å²) in [5.41, 5.74) is 1.08.